The van der Waals surface area contributed by atoms with Crippen molar-refractivity contribution in [1.29, 1.82) is 0 Å². The van der Waals surface area contributed by atoms with Gasteiger partial charge in [0.25, 0.3) is 0 Å². The molecule has 0 rings (SSSR count). The Kier molecular flexibility index (Phi) is 30.9. The molecule has 0 amide bonds. The van der Waals surface area contributed by atoms with E-state index in [1.54, 1.807) is 26.8 Å². The Morgan fingerprint density at radius 1 is 0.733 bits per heavy atom. The van der Waals surface area contributed by atoms with Gasteiger partial charge < -0.3 is 24.8 Å². The molecule has 0 aliphatic heterocycles. The number of rotatable bonds is 13. The molecule has 0 aromatic carbocycles. The van der Waals surface area contributed by atoms with E-state index in [9.17, 15) is 9.59 Å². The Hall–Kier alpha value is -1.22. The first-order valence-electron chi connectivity index (χ1n) is 10.4. The smallest absolute Gasteiger partial charge is 0.333 e. The number of hydrogen-bond acceptors (Lipinski definition) is 7. The van der Waals surface area contributed by atoms with Crippen molar-refractivity contribution < 1.29 is 34.4 Å². The fourth-order valence-electron chi connectivity index (χ4n) is 1.69. The molecule has 0 saturated carbocycles. The highest BCUT2D eigenvalue weighted by Gasteiger charge is 2.03. The van der Waals surface area contributed by atoms with Gasteiger partial charge in [0.05, 0.1) is 13.2 Å². The molecule has 0 aromatic rings. The molecule has 0 atom stereocenters. The fourth-order valence-corrected chi connectivity index (χ4v) is 2.01. The van der Waals surface area contributed by atoms with E-state index < -0.39 is 0 Å². The predicted molar refractivity (Wildman–Crippen MR) is 124 cm³/mol. The number of unbranched alkanes of at least 4 members (excludes halogenated alkanes) is 3. The van der Waals surface area contributed by atoms with E-state index >= 15 is 0 Å². The third-order valence-electron chi connectivity index (χ3n) is 3.36. The van der Waals surface area contributed by atoms with Crippen LogP contribution in [0, 0.1) is 0 Å². The van der Waals surface area contributed by atoms with Gasteiger partial charge >= 0.3 is 11.9 Å². The molecule has 0 heterocycles. The Labute approximate surface area is 190 Å². The van der Waals surface area contributed by atoms with Crippen LogP contribution in [0.1, 0.15) is 66.2 Å². The van der Waals surface area contributed by atoms with Crippen molar-refractivity contribution in [2.45, 2.75) is 66.2 Å². The van der Waals surface area contributed by atoms with Crippen LogP contribution in [-0.4, -0.2) is 65.6 Å². The van der Waals surface area contributed by atoms with Gasteiger partial charge in [0.2, 0.25) is 0 Å². The number of carbonyl (C=O) groups excluding carboxylic acids is 2. The summed E-state index contributed by atoms with van der Waals surface area (Å²) in [5, 5.41) is 25.6. The molecule has 30 heavy (non-hydrogen) atoms. The number of alkyl halides is 1. The van der Waals surface area contributed by atoms with Crippen LogP contribution in [0.2, 0.25) is 0 Å². The van der Waals surface area contributed by atoms with Crippen molar-refractivity contribution in [3.63, 3.8) is 0 Å². The number of allylic oxidation sites excluding steroid dienone is 2. The third kappa shape index (κ3) is 26.8. The first kappa shape index (κ1) is 33.4. The van der Waals surface area contributed by atoms with Crippen molar-refractivity contribution >= 4 is 27.9 Å². The number of carbonyl (C=O) groups is 2. The summed E-state index contributed by atoms with van der Waals surface area (Å²) in [5.74, 6) is -0.470. The molecule has 8 heteroatoms. The Morgan fingerprint density at radius 3 is 1.40 bits per heavy atom. The quantitative estimate of drug-likeness (QED) is 0.154. The van der Waals surface area contributed by atoms with Crippen LogP contribution in [0.4, 0.5) is 0 Å². The summed E-state index contributed by atoms with van der Waals surface area (Å²) in [6.07, 6.45) is 8.53. The maximum atomic E-state index is 11.0. The summed E-state index contributed by atoms with van der Waals surface area (Å²) in [6.45, 7) is 8.49. The van der Waals surface area contributed by atoms with Gasteiger partial charge in [-0.25, -0.2) is 9.59 Å². The van der Waals surface area contributed by atoms with E-state index in [-0.39, 0.29) is 31.8 Å². The second-order valence-electron chi connectivity index (χ2n) is 6.07. The summed E-state index contributed by atoms with van der Waals surface area (Å²) < 4.78 is 9.58. The lowest BCUT2D eigenvalue weighted by molar-refractivity contribution is -0.139. The number of esters is 2. The van der Waals surface area contributed by atoms with Crippen molar-refractivity contribution in [2.24, 2.45) is 0 Å². The lowest BCUT2D eigenvalue weighted by atomic mass is 10.2. The summed E-state index contributed by atoms with van der Waals surface area (Å²) in [7, 11) is 0. The van der Waals surface area contributed by atoms with Gasteiger partial charge in [-0.15, -0.1) is 0 Å². The van der Waals surface area contributed by atoms with E-state index in [4.69, 9.17) is 24.8 Å². The molecule has 0 aliphatic rings. The van der Waals surface area contributed by atoms with Gasteiger partial charge in [-0.2, -0.15) is 0 Å². The molecule has 0 aliphatic carbocycles. The zero-order chi connectivity index (χ0) is 23.6. The van der Waals surface area contributed by atoms with E-state index in [0.29, 0.717) is 30.8 Å². The normalized spacial score (nSPS) is 10.9. The number of halogens is 1. The van der Waals surface area contributed by atoms with Gasteiger partial charge in [0.1, 0.15) is 0 Å². The molecule has 0 bridgehead atoms. The average Bonchev–Trinajstić information content (AvgIpc) is 2.73. The van der Waals surface area contributed by atoms with Gasteiger partial charge in [-0.05, 0) is 66.2 Å². The Bertz CT molecular complexity index is 420. The van der Waals surface area contributed by atoms with Crippen LogP contribution < -0.4 is 0 Å². The van der Waals surface area contributed by atoms with E-state index in [0.717, 1.165) is 37.4 Å². The van der Waals surface area contributed by atoms with Crippen LogP contribution in [0.25, 0.3) is 0 Å². The Morgan fingerprint density at radius 2 is 1.10 bits per heavy atom. The summed E-state index contributed by atoms with van der Waals surface area (Å²) >= 11 is 3.32. The highest BCUT2D eigenvalue weighted by molar-refractivity contribution is 9.09. The minimum absolute atomic E-state index is 0.159. The van der Waals surface area contributed by atoms with Crippen LogP contribution >= 0.6 is 15.9 Å². The molecule has 3 N–H and O–H groups in total. The average molecular weight is 497 g/mol. The van der Waals surface area contributed by atoms with Crippen molar-refractivity contribution in [1.82, 2.24) is 0 Å². The first-order valence-corrected chi connectivity index (χ1v) is 11.5. The van der Waals surface area contributed by atoms with Crippen molar-refractivity contribution in [3.8, 4) is 0 Å². The molecule has 178 valence electrons. The second kappa shape index (κ2) is 27.8. The van der Waals surface area contributed by atoms with Crippen LogP contribution in [0.5, 0.6) is 0 Å². The zero-order valence-electron chi connectivity index (χ0n) is 19.0. The summed E-state index contributed by atoms with van der Waals surface area (Å²) in [4.78, 5) is 22.0. The standard InChI is InChI=1S/C9H15BrO2.C9H16O3.C4H10O2/c2*1-3-12-9(11)8(2)6-4-5-7-10;5-3-1-2-4-6/h6H,3-5,7H2,1-2H3;6,10H,3-5,7H2,1-2H3;5-6H,1-4H2/b2*8-6+;. The fraction of sp³-hybridized carbons (Fsp3) is 0.727. The molecule has 0 aromatic heterocycles. The molecule has 0 radical (unpaired) electrons. The van der Waals surface area contributed by atoms with Crippen molar-refractivity contribution in [2.75, 3.05) is 38.4 Å². The number of aliphatic hydroxyl groups is 3. The number of aliphatic hydroxyl groups excluding tert-OH is 3. The minimum atomic E-state index is -0.268. The minimum Gasteiger partial charge on any atom is -0.463 e. The maximum absolute atomic E-state index is 11.0. The Balaban J connectivity index is -0.000000386. The molecule has 0 unspecified atom stereocenters. The van der Waals surface area contributed by atoms with Crippen LogP contribution in [0.15, 0.2) is 23.3 Å². The third-order valence-corrected chi connectivity index (χ3v) is 3.92. The molecular formula is C22H41BrO7. The highest BCUT2D eigenvalue weighted by atomic mass is 79.9. The topological polar surface area (TPSA) is 113 Å². The summed E-state index contributed by atoms with van der Waals surface area (Å²) in [6, 6.07) is 0. The largest absolute Gasteiger partial charge is 0.463 e. The SMILES string of the molecule is CCOC(=O)/C(C)=C/CCCBr.CCOC(=O)/C(C)=C/CCCO.OCCCCO. The lowest BCUT2D eigenvalue weighted by Crippen LogP contribution is -2.04. The number of hydrogen-bond donors (Lipinski definition) is 3. The van der Waals surface area contributed by atoms with Gasteiger partial charge in [-0.3, -0.25) is 0 Å². The monoisotopic (exact) mass is 496 g/mol. The predicted octanol–water partition coefficient (Wildman–Crippen LogP) is 3.69. The van der Waals surface area contributed by atoms with E-state index in [2.05, 4.69) is 15.9 Å². The lowest BCUT2D eigenvalue weighted by Gasteiger charge is -2.00. The number of ether oxygens (including phenoxy) is 2. The molecule has 0 saturated heterocycles. The van der Waals surface area contributed by atoms with Crippen LogP contribution in [-0.2, 0) is 19.1 Å². The molecule has 0 fully saturated rings. The van der Waals surface area contributed by atoms with Gasteiger partial charge in [-0.1, -0.05) is 28.1 Å². The van der Waals surface area contributed by atoms with E-state index in [1.807, 2.05) is 13.0 Å². The summed E-state index contributed by atoms with van der Waals surface area (Å²) in [5.41, 5.74) is 1.32. The molecular weight excluding hydrogens is 456 g/mol. The second-order valence-corrected chi connectivity index (χ2v) is 6.86. The van der Waals surface area contributed by atoms with Crippen molar-refractivity contribution in [3.05, 3.63) is 23.3 Å². The van der Waals surface area contributed by atoms with E-state index in [1.165, 1.54) is 0 Å². The van der Waals surface area contributed by atoms with Gasteiger partial charge in [0.15, 0.2) is 0 Å². The maximum Gasteiger partial charge on any atom is 0.333 e. The molecule has 0 spiro atoms. The highest BCUT2D eigenvalue weighted by Crippen LogP contribution is 2.02. The molecule has 7 nitrogen and oxygen atoms in total. The first-order chi connectivity index (χ1) is 14.4. The zero-order valence-corrected chi connectivity index (χ0v) is 20.6. The van der Waals surface area contributed by atoms with Gasteiger partial charge in [0, 0.05) is 36.3 Å². The van der Waals surface area contributed by atoms with Crippen LogP contribution in [0.3, 0.4) is 0 Å².